The molecular weight excluding hydrogens is 682 g/mol. The van der Waals surface area contributed by atoms with Crippen LogP contribution in [0.15, 0.2) is 29.4 Å². The minimum absolute atomic E-state index is 0.0847. The summed E-state index contributed by atoms with van der Waals surface area (Å²) < 4.78 is 5.31. The molecule has 4 aliphatic rings. The zero-order chi connectivity index (χ0) is 37.6. The molecule has 5 atom stereocenters. The molecule has 286 valence electrons. The number of benzene rings is 1. The number of halogens is 1. The average Bonchev–Trinajstić information content (AvgIpc) is 3.85. The predicted molar refractivity (Wildman–Crippen MR) is 200 cm³/mol. The van der Waals surface area contributed by atoms with Crippen molar-refractivity contribution in [1.29, 1.82) is 0 Å². The second kappa shape index (κ2) is 17.4. The molecule has 0 radical (unpaired) electrons. The Kier molecular flexibility index (Phi) is 13.4. The summed E-state index contributed by atoms with van der Waals surface area (Å²) in [6.45, 7) is 8.79. The largest absolute Gasteiger partial charge is 0.387 e. The molecule has 1 spiro atoms. The molecule has 3 aliphatic heterocycles. The molecule has 5 rings (SSSR count). The third kappa shape index (κ3) is 9.51. The first-order valence-corrected chi connectivity index (χ1v) is 19.8. The van der Waals surface area contributed by atoms with Gasteiger partial charge in [0.25, 0.3) is 5.91 Å². The summed E-state index contributed by atoms with van der Waals surface area (Å²) in [5.41, 5.74) is -0.0216. The fraction of sp³-hybridized carbons (Fsp3) is 0.707. The van der Waals surface area contributed by atoms with Crippen molar-refractivity contribution in [1.82, 2.24) is 9.80 Å². The van der Waals surface area contributed by atoms with Gasteiger partial charge in [-0.05, 0) is 42.7 Å². The molecule has 0 aromatic heterocycles. The van der Waals surface area contributed by atoms with Gasteiger partial charge in [0.15, 0.2) is 11.4 Å². The van der Waals surface area contributed by atoms with Gasteiger partial charge in [-0.15, -0.1) is 0 Å². The molecule has 3 fully saturated rings. The molecular formula is C41H58ClN3O7. The van der Waals surface area contributed by atoms with Crippen molar-refractivity contribution < 1.29 is 33.5 Å². The number of rotatable bonds is 15. The lowest BCUT2D eigenvalue weighted by molar-refractivity contribution is -0.149. The Morgan fingerprint density at radius 1 is 1.04 bits per heavy atom. The Hall–Kier alpha value is -3.11. The highest BCUT2D eigenvalue weighted by molar-refractivity contribution is 6.37. The lowest BCUT2D eigenvalue weighted by Gasteiger charge is -2.35. The SMILES string of the molecule is CCC[C@H](CC(=O)[C@@H]1C[C@]2(CC(c3cccc(Cl)c3)=NO2)CN1C(=O)[C@@H](CC(=O)CC1CCCCC1)C(C)(C)C)C(=O)C(=O)N1CCC[C@H]1COC. The molecule has 1 aliphatic carbocycles. The normalized spacial score (nSPS) is 24.8. The van der Waals surface area contributed by atoms with Crippen LogP contribution in [0.2, 0.25) is 5.02 Å². The van der Waals surface area contributed by atoms with Crippen molar-refractivity contribution >= 4 is 46.5 Å². The van der Waals surface area contributed by atoms with E-state index in [1.807, 2.05) is 45.9 Å². The van der Waals surface area contributed by atoms with Crippen LogP contribution in [0.4, 0.5) is 0 Å². The van der Waals surface area contributed by atoms with Gasteiger partial charge < -0.3 is 19.4 Å². The molecule has 1 aromatic carbocycles. The Labute approximate surface area is 314 Å². The molecule has 52 heavy (non-hydrogen) atoms. The van der Waals surface area contributed by atoms with Crippen LogP contribution in [0.3, 0.4) is 0 Å². The first-order chi connectivity index (χ1) is 24.7. The van der Waals surface area contributed by atoms with E-state index >= 15 is 0 Å². The summed E-state index contributed by atoms with van der Waals surface area (Å²) in [6, 6.07) is 6.28. The zero-order valence-electron chi connectivity index (χ0n) is 31.8. The fourth-order valence-corrected chi connectivity index (χ4v) is 9.02. The smallest absolute Gasteiger partial charge is 0.290 e. The number of methoxy groups -OCH3 is 1. The summed E-state index contributed by atoms with van der Waals surface area (Å²) in [4.78, 5) is 79.5. The highest BCUT2D eigenvalue weighted by Crippen LogP contribution is 2.43. The van der Waals surface area contributed by atoms with Gasteiger partial charge in [0.2, 0.25) is 11.7 Å². The highest BCUT2D eigenvalue weighted by atomic mass is 35.5. The van der Waals surface area contributed by atoms with Gasteiger partial charge in [0.05, 0.1) is 30.9 Å². The molecule has 2 amide bonds. The van der Waals surface area contributed by atoms with Gasteiger partial charge in [-0.3, -0.25) is 24.0 Å². The van der Waals surface area contributed by atoms with E-state index in [2.05, 4.69) is 5.16 Å². The number of amides is 2. The van der Waals surface area contributed by atoms with E-state index in [-0.39, 0.29) is 49.3 Å². The molecule has 2 saturated heterocycles. The van der Waals surface area contributed by atoms with Crippen LogP contribution < -0.4 is 0 Å². The van der Waals surface area contributed by atoms with Crippen LogP contribution in [-0.4, -0.2) is 89.2 Å². The number of oxime groups is 1. The van der Waals surface area contributed by atoms with Gasteiger partial charge in [-0.1, -0.05) is 95.1 Å². The first-order valence-electron chi connectivity index (χ1n) is 19.4. The standard InChI is InChI=1S/C41H58ClN3O7/c1-6-12-29(37(48)39(50)44-18-11-17-31(44)25-51-5)21-36(47)35-24-41(23-34(43-52-41)28-15-10-16-30(42)20-28)26-45(35)38(49)33(40(2,3)4)22-32(46)19-27-13-8-7-9-14-27/h10,15-16,20,27,29,31,33,35H,6-9,11-14,17-19,21-26H2,1-5H3/t29-,31+,33-,35+,41-/m1/s1. The van der Waals surface area contributed by atoms with Crippen molar-refractivity contribution in [2.75, 3.05) is 26.8 Å². The van der Waals surface area contributed by atoms with Crippen molar-refractivity contribution in [3.05, 3.63) is 34.9 Å². The average molecular weight is 740 g/mol. The van der Waals surface area contributed by atoms with Crippen molar-refractivity contribution in [3.63, 3.8) is 0 Å². The Morgan fingerprint density at radius 3 is 2.46 bits per heavy atom. The second-order valence-electron chi connectivity index (χ2n) is 16.8. The monoisotopic (exact) mass is 739 g/mol. The number of nitrogens with zero attached hydrogens (tertiary/aromatic N) is 3. The molecule has 1 aromatic rings. The molecule has 0 bridgehead atoms. The number of hydrogen-bond acceptors (Lipinski definition) is 8. The highest BCUT2D eigenvalue weighted by Gasteiger charge is 2.55. The van der Waals surface area contributed by atoms with Crippen LogP contribution in [0.5, 0.6) is 0 Å². The van der Waals surface area contributed by atoms with E-state index in [0.717, 1.165) is 44.1 Å². The van der Waals surface area contributed by atoms with Crippen molar-refractivity contribution in [2.45, 2.75) is 135 Å². The van der Waals surface area contributed by atoms with Crippen LogP contribution >= 0.6 is 11.6 Å². The maximum absolute atomic E-state index is 14.8. The van der Waals surface area contributed by atoms with E-state index in [0.29, 0.717) is 55.5 Å². The lowest BCUT2D eigenvalue weighted by atomic mass is 9.75. The third-order valence-electron chi connectivity index (χ3n) is 11.7. The Morgan fingerprint density at radius 2 is 1.79 bits per heavy atom. The number of likely N-dealkylation sites (tertiary alicyclic amines) is 2. The molecule has 3 heterocycles. The van der Waals surface area contributed by atoms with Gasteiger partial charge >= 0.3 is 0 Å². The summed E-state index contributed by atoms with van der Waals surface area (Å²) in [5.74, 6) is -2.67. The van der Waals surface area contributed by atoms with E-state index in [9.17, 15) is 24.0 Å². The van der Waals surface area contributed by atoms with Crippen LogP contribution in [0.25, 0.3) is 0 Å². The van der Waals surface area contributed by atoms with Crippen molar-refractivity contribution in [3.8, 4) is 0 Å². The zero-order valence-corrected chi connectivity index (χ0v) is 32.6. The van der Waals surface area contributed by atoms with E-state index in [1.54, 1.807) is 23.0 Å². The minimum Gasteiger partial charge on any atom is -0.387 e. The van der Waals surface area contributed by atoms with Gasteiger partial charge in [0.1, 0.15) is 5.78 Å². The topological polar surface area (TPSA) is 123 Å². The number of carbonyl (C=O) groups is 5. The Bertz CT molecular complexity index is 1520. The molecule has 0 unspecified atom stereocenters. The van der Waals surface area contributed by atoms with Gasteiger partial charge in [-0.2, -0.15) is 0 Å². The van der Waals surface area contributed by atoms with Crippen molar-refractivity contribution in [2.24, 2.45) is 28.3 Å². The molecule has 1 saturated carbocycles. The molecule has 0 N–H and O–H groups in total. The number of ketones is 3. The van der Waals surface area contributed by atoms with Crippen LogP contribution in [0, 0.1) is 23.2 Å². The van der Waals surface area contributed by atoms with Gasteiger partial charge in [0, 0.05) is 68.2 Å². The molecule has 11 heteroatoms. The number of Topliss-reactive ketones (excluding diaryl/α,β-unsaturated/α-hetero) is 3. The number of ether oxygens (including phenoxy) is 1. The summed E-state index contributed by atoms with van der Waals surface area (Å²) >= 11 is 6.29. The number of carbonyl (C=O) groups excluding carboxylic acids is 5. The Balaban J connectivity index is 1.39. The quantitative estimate of drug-likeness (QED) is 0.178. The fourth-order valence-electron chi connectivity index (χ4n) is 8.83. The first kappa shape index (κ1) is 40.1. The van der Waals surface area contributed by atoms with E-state index in [1.165, 1.54) is 6.42 Å². The van der Waals surface area contributed by atoms with Gasteiger partial charge in [-0.25, -0.2) is 0 Å². The van der Waals surface area contributed by atoms with Crippen LogP contribution in [-0.2, 0) is 33.5 Å². The summed E-state index contributed by atoms with van der Waals surface area (Å²) in [6.07, 6.45) is 9.11. The predicted octanol–water partition coefficient (Wildman–Crippen LogP) is 6.98. The summed E-state index contributed by atoms with van der Waals surface area (Å²) in [5, 5.41) is 4.99. The third-order valence-corrected chi connectivity index (χ3v) is 12.0. The van der Waals surface area contributed by atoms with Crippen LogP contribution in [0.1, 0.15) is 123 Å². The maximum atomic E-state index is 14.8. The second-order valence-corrected chi connectivity index (χ2v) is 17.3. The minimum atomic E-state index is -0.953. The van der Waals surface area contributed by atoms with E-state index in [4.69, 9.17) is 21.2 Å². The number of hydrogen-bond donors (Lipinski definition) is 0. The summed E-state index contributed by atoms with van der Waals surface area (Å²) in [7, 11) is 1.58. The lowest BCUT2D eigenvalue weighted by Crippen LogP contribution is -2.49. The molecule has 10 nitrogen and oxygen atoms in total. The van der Waals surface area contributed by atoms with E-state index < -0.39 is 40.6 Å². The maximum Gasteiger partial charge on any atom is 0.290 e.